The summed E-state index contributed by atoms with van der Waals surface area (Å²) in [5, 5.41) is 10.5. The minimum Gasteiger partial charge on any atom is -0.444 e. The number of rotatable bonds is 6. The van der Waals surface area contributed by atoms with Gasteiger partial charge in [0, 0.05) is 37.9 Å². The predicted octanol–water partition coefficient (Wildman–Crippen LogP) is 1.81. The molecule has 1 saturated carbocycles. The summed E-state index contributed by atoms with van der Waals surface area (Å²) < 4.78 is 7.11. The molecule has 0 aromatic carbocycles. The van der Waals surface area contributed by atoms with Gasteiger partial charge in [0.15, 0.2) is 0 Å². The van der Waals surface area contributed by atoms with Gasteiger partial charge in [-0.15, -0.1) is 0 Å². The first kappa shape index (κ1) is 15.8. The van der Waals surface area contributed by atoms with Crippen LogP contribution in [0, 0.1) is 5.92 Å². The molecule has 1 unspecified atom stereocenters. The van der Waals surface area contributed by atoms with Crippen molar-refractivity contribution in [3.63, 3.8) is 0 Å². The van der Waals surface area contributed by atoms with Gasteiger partial charge in [-0.2, -0.15) is 5.10 Å². The van der Waals surface area contributed by atoms with Crippen LogP contribution in [-0.4, -0.2) is 34.1 Å². The highest BCUT2D eigenvalue weighted by Crippen LogP contribution is 2.32. The van der Waals surface area contributed by atoms with Crippen molar-refractivity contribution in [3.05, 3.63) is 18.0 Å². The van der Waals surface area contributed by atoms with Gasteiger partial charge in [-0.1, -0.05) is 0 Å². The smallest absolute Gasteiger partial charge is 0.407 e. The summed E-state index contributed by atoms with van der Waals surface area (Å²) in [5.74, 6) is 0.568. The molecule has 1 heterocycles. The van der Waals surface area contributed by atoms with E-state index in [9.17, 15) is 4.79 Å². The Hall–Kier alpha value is -1.56. The Balaban J connectivity index is 1.76. The van der Waals surface area contributed by atoms with Crippen LogP contribution in [0.3, 0.4) is 0 Å². The molecule has 1 aromatic rings. The standard InChI is InChI=1S/C15H26N4O2/c1-15(2,3)21-14(20)18-13(12-5-6-12)9-16-7-11-8-17-19(4)10-11/h8,10,12-13,16H,5-7,9H2,1-4H3,(H,18,20). The fraction of sp³-hybridized carbons (Fsp3) is 0.733. The number of alkyl carbamates (subject to hydrolysis) is 1. The molecule has 1 amide bonds. The van der Waals surface area contributed by atoms with Gasteiger partial charge in [-0.05, 0) is 39.5 Å². The summed E-state index contributed by atoms with van der Waals surface area (Å²) >= 11 is 0. The molecule has 1 aliphatic rings. The Bertz CT molecular complexity index is 474. The van der Waals surface area contributed by atoms with Crippen LogP contribution in [0.1, 0.15) is 39.2 Å². The van der Waals surface area contributed by atoms with Crippen molar-refractivity contribution in [2.24, 2.45) is 13.0 Å². The summed E-state index contributed by atoms with van der Waals surface area (Å²) in [6, 6.07) is 0.136. The SMILES string of the molecule is Cn1cc(CNCC(NC(=O)OC(C)(C)C)C2CC2)cn1. The number of nitrogens with zero attached hydrogens (tertiary/aromatic N) is 2. The number of hydrogen-bond donors (Lipinski definition) is 2. The largest absolute Gasteiger partial charge is 0.444 e. The van der Waals surface area contributed by atoms with Gasteiger partial charge < -0.3 is 15.4 Å². The third-order valence-electron chi connectivity index (χ3n) is 3.34. The second-order valence-electron chi connectivity index (χ2n) is 6.74. The van der Waals surface area contributed by atoms with E-state index in [-0.39, 0.29) is 12.1 Å². The summed E-state index contributed by atoms with van der Waals surface area (Å²) in [6.07, 6.45) is 5.85. The summed E-state index contributed by atoms with van der Waals surface area (Å²) in [4.78, 5) is 11.9. The van der Waals surface area contributed by atoms with E-state index in [0.29, 0.717) is 5.92 Å². The number of amides is 1. The molecule has 0 radical (unpaired) electrons. The van der Waals surface area contributed by atoms with Crippen LogP contribution in [0.2, 0.25) is 0 Å². The highest BCUT2D eigenvalue weighted by atomic mass is 16.6. The molecule has 1 aliphatic carbocycles. The van der Waals surface area contributed by atoms with E-state index >= 15 is 0 Å². The molecule has 0 bridgehead atoms. The number of carbonyl (C=O) groups is 1. The van der Waals surface area contributed by atoms with Crippen molar-refractivity contribution in [3.8, 4) is 0 Å². The minimum absolute atomic E-state index is 0.136. The van der Waals surface area contributed by atoms with E-state index in [1.54, 1.807) is 4.68 Å². The van der Waals surface area contributed by atoms with Gasteiger partial charge in [0.05, 0.1) is 6.20 Å². The number of aryl methyl sites for hydroxylation is 1. The zero-order valence-electron chi connectivity index (χ0n) is 13.3. The third-order valence-corrected chi connectivity index (χ3v) is 3.34. The third kappa shape index (κ3) is 5.75. The van der Waals surface area contributed by atoms with Crippen LogP contribution >= 0.6 is 0 Å². The predicted molar refractivity (Wildman–Crippen MR) is 80.8 cm³/mol. The summed E-state index contributed by atoms with van der Waals surface area (Å²) in [7, 11) is 1.90. The van der Waals surface area contributed by atoms with Gasteiger partial charge in [-0.25, -0.2) is 4.79 Å². The van der Waals surface area contributed by atoms with Crippen LogP contribution in [0.25, 0.3) is 0 Å². The Kier molecular flexibility index (Phi) is 4.88. The van der Waals surface area contributed by atoms with Crippen LogP contribution < -0.4 is 10.6 Å². The molecule has 21 heavy (non-hydrogen) atoms. The van der Waals surface area contributed by atoms with Gasteiger partial charge in [0.1, 0.15) is 5.60 Å². The second kappa shape index (κ2) is 6.47. The quantitative estimate of drug-likeness (QED) is 0.839. The maximum absolute atomic E-state index is 11.9. The van der Waals surface area contributed by atoms with E-state index in [2.05, 4.69) is 15.7 Å². The Morgan fingerprint density at radius 2 is 2.24 bits per heavy atom. The lowest BCUT2D eigenvalue weighted by Crippen LogP contribution is -2.45. The molecular weight excluding hydrogens is 268 g/mol. The summed E-state index contributed by atoms with van der Waals surface area (Å²) in [5.41, 5.74) is 0.686. The molecule has 6 heteroatoms. The number of aromatic nitrogens is 2. The lowest BCUT2D eigenvalue weighted by molar-refractivity contribution is 0.0497. The first-order chi connectivity index (χ1) is 9.83. The monoisotopic (exact) mass is 294 g/mol. The zero-order valence-corrected chi connectivity index (χ0v) is 13.3. The Morgan fingerprint density at radius 3 is 2.76 bits per heavy atom. The van der Waals surface area contributed by atoms with E-state index < -0.39 is 5.60 Å². The van der Waals surface area contributed by atoms with Crippen LogP contribution in [-0.2, 0) is 18.3 Å². The first-order valence-electron chi connectivity index (χ1n) is 7.51. The average Bonchev–Trinajstić information content (AvgIpc) is 3.10. The molecule has 118 valence electrons. The highest BCUT2D eigenvalue weighted by molar-refractivity contribution is 5.68. The van der Waals surface area contributed by atoms with E-state index in [1.165, 1.54) is 12.8 Å². The molecule has 0 spiro atoms. The molecular formula is C15H26N4O2. The lowest BCUT2D eigenvalue weighted by atomic mass is 10.2. The molecule has 1 fully saturated rings. The lowest BCUT2D eigenvalue weighted by Gasteiger charge is -2.23. The topological polar surface area (TPSA) is 68.2 Å². The Labute approximate surface area is 126 Å². The molecule has 0 aliphatic heterocycles. The highest BCUT2D eigenvalue weighted by Gasteiger charge is 2.33. The van der Waals surface area contributed by atoms with Crippen LogP contribution in [0.5, 0.6) is 0 Å². The van der Waals surface area contributed by atoms with Gasteiger partial charge in [0.2, 0.25) is 0 Å². The van der Waals surface area contributed by atoms with Crippen LogP contribution in [0.15, 0.2) is 12.4 Å². The number of ether oxygens (including phenoxy) is 1. The fourth-order valence-electron chi connectivity index (χ4n) is 2.23. The number of nitrogens with one attached hydrogen (secondary N) is 2. The van der Waals surface area contributed by atoms with Crippen molar-refractivity contribution >= 4 is 6.09 Å². The normalized spacial score (nSPS) is 16.6. The number of hydrogen-bond acceptors (Lipinski definition) is 4. The van der Waals surface area contributed by atoms with Crippen molar-refractivity contribution in [2.45, 2.75) is 51.8 Å². The van der Waals surface area contributed by atoms with E-state index in [4.69, 9.17) is 4.74 Å². The molecule has 2 N–H and O–H groups in total. The van der Waals surface area contributed by atoms with Gasteiger partial charge in [0.25, 0.3) is 0 Å². The van der Waals surface area contributed by atoms with E-state index in [1.807, 2.05) is 40.2 Å². The maximum Gasteiger partial charge on any atom is 0.407 e. The van der Waals surface area contributed by atoms with E-state index in [0.717, 1.165) is 18.7 Å². The van der Waals surface area contributed by atoms with Crippen molar-refractivity contribution in [1.82, 2.24) is 20.4 Å². The second-order valence-corrected chi connectivity index (χ2v) is 6.74. The van der Waals surface area contributed by atoms with Crippen molar-refractivity contribution in [2.75, 3.05) is 6.54 Å². The Morgan fingerprint density at radius 1 is 1.52 bits per heavy atom. The van der Waals surface area contributed by atoms with Crippen LogP contribution in [0.4, 0.5) is 4.79 Å². The fourth-order valence-corrected chi connectivity index (χ4v) is 2.23. The zero-order chi connectivity index (χ0) is 15.5. The minimum atomic E-state index is -0.457. The molecule has 0 saturated heterocycles. The molecule has 2 rings (SSSR count). The molecule has 1 aromatic heterocycles. The molecule has 6 nitrogen and oxygen atoms in total. The van der Waals surface area contributed by atoms with Crippen molar-refractivity contribution in [1.29, 1.82) is 0 Å². The summed E-state index contributed by atoms with van der Waals surface area (Å²) in [6.45, 7) is 7.13. The van der Waals surface area contributed by atoms with Crippen molar-refractivity contribution < 1.29 is 9.53 Å². The average molecular weight is 294 g/mol. The van der Waals surface area contributed by atoms with Gasteiger partial charge in [-0.3, -0.25) is 4.68 Å². The maximum atomic E-state index is 11.9. The van der Waals surface area contributed by atoms with Gasteiger partial charge >= 0.3 is 6.09 Å². The number of carbonyl (C=O) groups excluding carboxylic acids is 1. The first-order valence-corrected chi connectivity index (χ1v) is 7.51. The molecule has 1 atom stereocenters.